The summed E-state index contributed by atoms with van der Waals surface area (Å²) in [6, 6.07) is 8.21. The highest BCUT2D eigenvalue weighted by atomic mass is 19.1. The van der Waals surface area contributed by atoms with Crippen LogP contribution in [-0.2, 0) is 0 Å². The van der Waals surface area contributed by atoms with Crippen LogP contribution in [0.2, 0.25) is 0 Å². The van der Waals surface area contributed by atoms with Gasteiger partial charge in [0, 0.05) is 17.6 Å². The minimum Gasteiger partial charge on any atom is -0.394 e. The van der Waals surface area contributed by atoms with E-state index in [0.717, 1.165) is 16.8 Å². The monoisotopic (exact) mass is 260 g/mol. The first-order valence-corrected chi connectivity index (χ1v) is 6.15. The van der Waals surface area contributed by atoms with Gasteiger partial charge in [0.25, 0.3) is 0 Å². The van der Waals surface area contributed by atoms with E-state index in [9.17, 15) is 9.50 Å². The van der Waals surface area contributed by atoms with Crippen molar-refractivity contribution in [2.24, 2.45) is 0 Å². The lowest BCUT2D eigenvalue weighted by Crippen LogP contribution is -2.15. The van der Waals surface area contributed by atoms with Gasteiger partial charge in [-0.25, -0.2) is 4.39 Å². The van der Waals surface area contributed by atoms with E-state index >= 15 is 0 Å². The number of aliphatic hydroxyl groups is 1. The molecule has 2 rings (SSSR count). The number of anilines is 1. The van der Waals surface area contributed by atoms with E-state index in [2.05, 4.69) is 10.3 Å². The number of aryl methyl sites for hydroxylation is 2. The lowest BCUT2D eigenvalue weighted by atomic mass is 10.1. The second kappa shape index (κ2) is 5.80. The van der Waals surface area contributed by atoms with Crippen molar-refractivity contribution in [2.75, 3.05) is 11.9 Å². The van der Waals surface area contributed by atoms with Crippen LogP contribution in [0, 0.1) is 19.7 Å². The highest BCUT2D eigenvalue weighted by Crippen LogP contribution is 2.21. The molecular weight excluding hydrogens is 243 g/mol. The summed E-state index contributed by atoms with van der Waals surface area (Å²) in [6.45, 7) is 3.65. The summed E-state index contributed by atoms with van der Waals surface area (Å²) in [7, 11) is 0. The van der Waals surface area contributed by atoms with E-state index in [-0.39, 0.29) is 18.5 Å². The van der Waals surface area contributed by atoms with E-state index in [1.54, 1.807) is 6.20 Å². The van der Waals surface area contributed by atoms with Crippen LogP contribution in [-0.4, -0.2) is 16.7 Å². The third-order valence-electron chi connectivity index (χ3n) is 2.90. The molecule has 0 spiro atoms. The van der Waals surface area contributed by atoms with Crippen LogP contribution in [0.3, 0.4) is 0 Å². The Hall–Kier alpha value is -1.94. The highest BCUT2D eigenvalue weighted by molar-refractivity contribution is 5.48. The molecule has 19 heavy (non-hydrogen) atoms. The maximum atomic E-state index is 13.3. The molecule has 1 atom stereocenters. The Morgan fingerprint density at radius 2 is 2.05 bits per heavy atom. The van der Waals surface area contributed by atoms with E-state index in [0.29, 0.717) is 5.69 Å². The number of rotatable bonds is 4. The Kier molecular flexibility index (Phi) is 4.12. The number of nitrogens with one attached hydrogen (secondary N) is 1. The quantitative estimate of drug-likeness (QED) is 0.888. The van der Waals surface area contributed by atoms with Crippen LogP contribution in [0.25, 0.3) is 0 Å². The minimum atomic E-state index is -0.297. The van der Waals surface area contributed by atoms with Crippen molar-refractivity contribution in [3.05, 3.63) is 59.2 Å². The molecule has 1 aromatic heterocycles. The molecule has 1 unspecified atom stereocenters. The molecule has 2 aromatic rings. The number of hydrogen-bond donors (Lipinski definition) is 2. The Balaban J connectivity index is 2.21. The molecule has 0 saturated heterocycles. The molecule has 1 aromatic carbocycles. The van der Waals surface area contributed by atoms with Crippen LogP contribution in [0.1, 0.15) is 22.9 Å². The van der Waals surface area contributed by atoms with Crippen LogP contribution in [0.15, 0.2) is 36.5 Å². The van der Waals surface area contributed by atoms with E-state index in [4.69, 9.17) is 0 Å². The molecule has 4 heteroatoms. The Morgan fingerprint density at radius 3 is 2.63 bits per heavy atom. The predicted octanol–water partition coefficient (Wildman–Crippen LogP) is 2.98. The molecule has 100 valence electrons. The SMILES string of the molecule is Cc1cc(F)cc(NC(CO)c2ccc(C)nc2)c1. The zero-order chi connectivity index (χ0) is 13.8. The summed E-state index contributed by atoms with van der Waals surface area (Å²) in [5.74, 6) is -0.291. The fourth-order valence-electron chi connectivity index (χ4n) is 1.94. The first-order chi connectivity index (χ1) is 9.08. The van der Waals surface area contributed by atoms with Crippen LogP contribution >= 0.6 is 0 Å². The molecule has 0 radical (unpaired) electrons. The maximum absolute atomic E-state index is 13.3. The summed E-state index contributed by atoms with van der Waals surface area (Å²) in [5, 5.41) is 12.6. The normalized spacial score (nSPS) is 12.2. The zero-order valence-electron chi connectivity index (χ0n) is 11.0. The summed E-state index contributed by atoms with van der Waals surface area (Å²) in [4.78, 5) is 4.20. The largest absolute Gasteiger partial charge is 0.394 e. The molecule has 0 aliphatic carbocycles. The van der Waals surface area contributed by atoms with Crippen molar-refractivity contribution in [3.63, 3.8) is 0 Å². The fourth-order valence-corrected chi connectivity index (χ4v) is 1.94. The molecule has 3 nitrogen and oxygen atoms in total. The zero-order valence-corrected chi connectivity index (χ0v) is 11.0. The van der Waals surface area contributed by atoms with Gasteiger partial charge < -0.3 is 10.4 Å². The van der Waals surface area contributed by atoms with E-state index in [1.807, 2.05) is 32.0 Å². The highest BCUT2D eigenvalue weighted by Gasteiger charge is 2.11. The number of aromatic nitrogens is 1. The second-order valence-electron chi connectivity index (χ2n) is 4.63. The number of hydrogen-bond acceptors (Lipinski definition) is 3. The molecule has 0 aliphatic heterocycles. The van der Waals surface area contributed by atoms with E-state index in [1.165, 1.54) is 12.1 Å². The Morgan fingerprint density at radius 1 is 1.26 bits per heavy atom. The molecule has 1 heterocycles. The van der Waals surface area contributed by atoms with Gasteiger partial charge in [0.15, 0.2) is 0 Å². The minimum absolute atomic E-state index is 0.0830. The number of aliphatic hydroxyl groups excluding tert-OH is 1. The molecular formula is C15H17FN2O. The number of halogens is 1. The third kappa shape index (κ3) is 3.51. The number of pyridine rings is 1. The van der Waals surface area contributed by atoms with Crippen LogP contribution in [0.5, 0.6) is 0 Å². The van der Waals surface area contributed by atoms with E-state index < -0.39 is 0 Å². The summed E-state index contributed by atoms with van der Waals surface area (Å²) in [6.07, 6.45) is 1.72. The Bertz CT molecular complexity index is 534. The first-order valence-electron chi connectivity index (χ1n) is 6.15. The van der Waals surface area contributed by atoms with Gasteiger partial charge in [-0.1, -0.05) is 6.07 Å². The van der Waals surface area contributed by atoms with Crippen molar-refractivity contribution in [3.8, 4) is 0 Å². The molecule has 2 N–H and O–H groups in total. The van der Waals surface area contributed by atoms with Gasteiger partial charge in [-0.15, -0.1) is 0 Å². The maximum Gasteiger partial charge on any atom is 0.125 e. The summed E-state index contributed by atoms with van der Waals surface area (Å²) in [5.41, 5.74) is 3.27. The van der Waals surface area contributed by atoms with Gasteiger partial charge in [0.2, 0.25) is 0 Å². The molecule has 0 aliphatic rings. The van der Waals surface area contributed by atoms with Gasteiger partial charge in [-0.05, 0) is 49.2 Å². The molecule has 0 bridgehead atoms. The van der Waals surface area contributed by atoms with Crippen LogP contribution < -0.4 is 5.32 Å². The average Bonchev–Trinajstić information content (AvgIpc) is 2.36. The van der Waals surface area contributed by atoms with Gasteiger partial charge in [-0.2, -0.15) is 0 Å². The standard InChI is InChI=1S/C15H17FN2O/c1-10-5-13(16)7-14(6-10)18-15(9-19)12-4-3-11(2)17-8-12/h3-8,15,18-19H,9H2,1-2H3. The average molecular weight is 260 g/mol. The molecule has 0 saturated carbocycles. The lowest BCUT2D eigenvalue weighted by Gasteiger charge is -2.18. The van der Waals surface area contributed by atoms with Crippen molar-refractivity contribution in [1.29, 1.82) is 0 Å². The van der Waals surface area contributed by atoms with Crippen molar-refractivity contribution >= 4 is 5.69 Å². The Labute approximate surface area is 112 Å². The molecule has 0 fully saturated rings. The fraction of sp³-hybridized carbons (Fsp3) is 0.267. The topological polar surface area (TPSA) is 45.1 Å². The van der Waals surface area contributed by atoms with Crippen molar-refractivity contribution < 1.29 is 9.50 Å². The number of nitrogens with zero attached hydrogens (tertiary/aromatic N) is 1. The van der Waals surface area contributed by atoms with Crippen LogP contribution in [0.4, 0.5) is 10.1 Å². The van der Waals surface area contributed by atoms with Crippen molar-refractivity contribution in [2.45, 2.75) is 19.9 Å². The van der Waals surface area contributed by atoms with Crippen molar-refractivity contribution in [1.82, 2.24) is 4.98 Å². The van der Waals surface area contributed by atoms with Gasteiger partial charge >= 0.3 is 0 Å². The second-order valence-corrected chi connectivity index (χ2v) is 4.63. The van der Waals surface area contributed by atoms with Gasteiger partial charge in [-0.3, -0.25) is 4.98 Å². The smallest absolute Gasteiger partial charge is 0.125 e. The summed E-state index contributed by atoms with van der Waals surface area (Å²) >= 11 is 0. The molecule has 0 amide bonds. The first kappa shape index (κ1) is 13.5. The van der Waals surface area contributed by atoms with Gasteiger partial charge in [0.1, 0.15) is 5.82 Å². The third-order valence-corrected chi connectivity index (χ3v) is 2.90. The predicted molar refractivity (Wildman–Crippen MR) is 73.6 cm³/mol. The van der Waals surface area contributed by atoms with Gasteiger partial charge in [0.05, 0.1) is 12.6 Å². The summed E-state index contributed by atoms with van der Waals surface area (Å²) < 4.78 is 13.3. The lowest BCUT2D eigenvalue weighted by molar-refractivity contribution is 0.276. The number of benzene rings is 1.